The predicted molar refractivity (Wildman–Crippen MR) is 405 cm³/mol. The second-order valence-corrected chi connectivity index (χ2v) is 27.3. The van der Waals surface area contributed by atoms with Gasteiger partial charge in [-0.1, -0.05) is 0 Å². The number of imidazole rings is 1. The molecule has 0 spiro atoms. The Labute approximate surface area is 731 Å². The van der Waals surface area contributed by atoms with Crippen LogP contribution >= 0.6 is 0 Å². The minimum atomic E-state index is -2.75. The molecule has 0 aliphatic carbocycles. The fourth-order valence-corrected chi connectivity index (χ4v) is 10.8. The molecule has 3 amide bonds. The van der Waals surface area contributed by atoms with Crippen LogP contribution in [0.4, 0.5) is 5.82 Å². The molecule has 15 atom stereocenters. The summed E-state index contributed by atoms with van der Waals surface area (Å²) in [5.74, 6) is -60.5. The molecular formula is C66H85N19O47. The van der Waals surface area contributed by atoms with E-state index in [1.54, 1.807) is 64.9 Å². The van der Waals surface area contributed by atoms with Crippen molar-refractivity contribution in [1.29, 1.82) is 0 Å². The van der Waals surface area contributed by atoms with Gasteiger partial charge in [0.1, 0.15) is 36.9 Å². The van der Waals surface area contributed by atoms with Gasteiger partial charge < -0.3 is 108 Å². The number of nitro groups is 1. The summed E-state index contributed by atoms with van der Waals surface area (Å²) in [5, 5.41) is 161. The summed E-state index contributed by atoms with van der Waals surface area (Å²) in [5.41, 5.74) is 26.6. The first-order valence-electron chi connectivity index (χ1n) is 36.8. The molecule has 1 rings (SSSR count). The standard InChI is InChI=1S/C66H85N19O47/c1-20-69-19-36(85(131)132)84(20)3-2-68-64(128)34(17-50(112)113)82-80-24(7-40(92)93)55(119)53(117)22(5-38(88)89)70-65(129)33(16-49(110)111)71-66(130)35(18-51(114)115)83-81-32(15-48(108)109)63(127)62(126)31(14-47(106)107)79-78-30(13-46(104)105)61(125)60(124)29(12-45(102)103)77-76-28(11-44(100)101)59(123)58(122)27(10-43(98)99)75-74-26(9-42(96)97)57(121)56(120)25(8-41(94)95)73-72-23(6-39(90)91)54(118)52(116)21(67)4-37(86)87/h19,21-35,72-83H,2-18,67H2,1H3,(H,68,128)(H,70,129)(H,71,130)(H,86,87)(H,88,89)(H,90,91)(H,92,93)(H,94,95)(H,96,97)(H,98,99)(H,100,101)(H,102,103)(H,104,105)(H,106,107)(H,108,109)(H,110,111)(H,112,113)(H,114,115)/t21-,22-,23-,24-,25-,26-,27-,28-,29-,30-,31-,32-,33-,34-,35-/m0/s1. The fraction of sp³-hybridized carbons (Fsp3) is 0.500. The summed E-state index contributed by atoms with van der Waals surface area (Å²) < 4.78 is 1.02. The molecule has 0 fully saturated rings. The van der Waals surface area contributed by atoms with Gasteiger partial charge in [0.2, 0.25) is 87.1 Å². The normalized spacial score (nSPS) is 14.5. The lowest BCUT2D eigenvalue weighted by Crippen LogP contribution is -2.62. The van der Waals surface area contributed by atoms with Crippen molar-refractivity contribution in [3.8, 4) is 0 Å². The van der Waals surface area contributed by atoms with Gasteiger partial charge in [0.15, 0.2) is 5.82 Å². The van der Waals surface area contributed by atoms with Gasteiger partial charge in [-0.25, -0.2) is 74.7 Å². The second kappa shape index (κ2) is 55.4. The van der Waals surface area contributed by atoms with Crippen LogP contribution in [-0.2, 0) is 150 Å². The van der Waals surface area contributed by atoms with Crippen LogP contribution < -0.4 is 86.8 Å². The largest absolute Gasteiger partial charge is 0.481 e. The van der Waals surface area contributed by atoms with Crippen LogP contribution in [0, 0.1) is 17.0 Å². The third kappa shape index (κ3) is 41.1. The molecule has 32 N–H and O–H groups in total. The summed E-state index contributed by atoms with van der Waals surface area (Å²) in [7, 11) is 0. The van der Waals surface area contributed by atoms with Crippen molar-refractivity contribution in [3.63, 3.8) is 0 Å². The van der Waals surface area contributed by atoms with E-state index in [9.17, 15) is 225 Å². The number of Topliss-reactive ketones (excluding diaryl/α,β-unsaturated/α-hetero) is 12. The van der Waals surface area contributed by atoms with Crippen LogP contribution in [0.2, 0.25) is 0 Å². The third-order valence-electron chi connectivity index (χ3n) is 17.0. The van der Waals surface area contributed by atoms with E-state index in [1.807, 2.05) is 10.9 Å². The lowest BCUT2D eigenvalue weighted by atomic mass is 9.97. The molecule has 0 aliphatic rings. The Morgan fingerprint density at radius 1 is 0.280 bits per heavy atom. The molecule has 1 aromatic rings. The second-order valence-electron chi connectivity index (χ2n) is 27.3. The lowest BCUT2D eigenvalue weighted by Gasteiger charge is -2.26. The maximum Gasteiger partial charge on any atom is 0.342 e. The van der Waals surface area contributed by atoms with E-state index >= 15 is 0 Å². The molecule has 0 unspecified atom stereocenters. The lowest BCUT2D eigenvalue weighted by molar-refractivity contribution is -0.392. The molecule has 1 aromatic heterocycles. The van der Waals surface area contributed by atoms with E-state index in [0.717, 1.165) is 10.8 Å². The number of nitrogens with one attached hydrogen (secondary N) is 15. The number of carbonyl (C=O) groups is 30. The number of aryl methyl sites for hydroxylation is 1. The number of carboxylic acids is 15. The molecular weight excluding hydrogens is 1810 g/mol. The summed E-state index contributed by atoms with van der Waals surface area (Å²) >= 11 is 0. The highest BCUT2D eigenvalue weighted by Gasteiger charge is 2.45. The van der Waals surface area contributed by atoms with Gasteiger partial charge in [-0.3, -0.25) is 144 Å². The van der Waals surface area contributed by atoms with Gasteiger partial charge in [0.05, 0.1) is 169 Å². The van der Waals surface area contributed by atoms with E-state index in [2.05, 4.69) is 10.3 Å². The summed E-state index contributed by atoms with van der Waals surface area (Å²) in [4.78, 5) is 398. The summed E-state index contributed by atoms with van der Waals surface area (Å²) in [6.07, 6.45) is -22.8. The number of hydrogen-bond acceptors (Lipinski definition) is 46. The van der Waals surface area contributed by atoms with Crippen LogP contribution in [-0.4, -0.2) is 365 Å². The average molecular weight is 1900 g/mol. The van der Waals surface area contributed by atoms with Gasteiger partial charge in [0, 0.05) is 6.92 Å². The Hall–Kier alpha value is -15.4. The summed E-state index contributed by atoms with van der Waals surface area (Å²) in [6, 6.07) is -38.3. The zero-order valence-corrected chi connectivity index (χ0v) is 67.4. The van der Waals surface area contributed by atoms with Crippen molar-refractivity contribution in [1.82, 2.24) is 90.6 Å². The van der Waals surface area contributed by atoms with Gasteiger partial charge in [-0.2, -0.15) is 0 Å². The van der Waals surface area contributed by atoms with Crippen molar-refractivity contribution in [3.05, 3.63) is 22.1 Å². The van der Waals surface area contributed by atoms with Crippen LogP contribution in [0.5, 0.6) is 0 Å². The molecule has 0 saturated carbocycles. The van der Waals surface area contributed by atoms with Crippen molar-refractivity contribution < 1.29 is 225 Å². The Morgan fingerprint density at radius 3 is 0.682 bits per heavy atom. The van der Waals surface area contributed by atoms with Gasteiger partial charge >= 0.3 is 95.4 Å². The quantitative estimate of drug-likeness (QED) is 0.0164. The Morgan fingerprint density at radius 2 is 0.455 bits per heavy atom. The van der Waals surface area contributed by atoms with Crippen LogP contribution in [0.1, 0.15) is 102 Å². The van der Waals surface area contributed by atoms with Crippen molar-refractivity contribution in [2.24, 2.45) is 5.73 Å². The number of nitrogens with zero attached hydrogens (tertiary/aromatic N) is 3. The maximum atomic E-state index is 13.9. The average Bonchev–Trinajstić information content (AvgIpc) is 1.49. The topological polar surface area (TPSA) is 1080 Å². The van der Waals surface area contributed by atoms with Gasteiger partial charge in [-0.15, -0.1) is 0 Å². The van der Waals surface area contributed by atoms with E-state index in [-0.39, 0.29) is 12.4 Å². The molecule has 0 radical (unpaired) electrons. The fourth-order valence-electron chi connectivity index (χ4n) is 10.8. The van der Waals surface area contributed by atoms with Gasteiger partial charge in [0.25, 0.3) is 0 Å². The highest BCUT2D eigenvalue weighted by Crippen LogP contribution is 2.16. The molecule has 0 bridgehead atoms. The summed E-state index contributed by atoms with van der Waals surface area (Å²) in [6.45, 7) is 0.516. The first kappa shape index (κ1) is 115. The smallest absolute Gasteiger partial charge is 0.342 e. The molecule has 1 heterocycles. The van der Waals surface area contributed by atoms with E-state index in [1.165, 1.54) is 6.92 Å². The zero-order chi connectivity index (χ0) is 101. The number of amides is 3. The minimum Gasteiger partial charge on any atom is -0.481 e. The maximum absolute atomic E-state index is 13.9. The van der Waals surface area contributed by atoms with Crippen LogP contribution in [0.3, 0.4) is 0 Å². The highest BCUT2D eigenvalue weighted by atomic mass is 16.6. The number of hydrazine groups is 6. The molecule has 132 heavy (non-hydrogen) atoms. The molecule has 726 valence electrons. The van der Waals surface area contributed by atoms with Crippen molar-refractivity contribution >= 4 is 182 Å². The number of hydrogen-bond donors (Lipinski definition) is 31. The SMILES string of the molecule is Cc1ncc([N+](=O)[O-])n1CCNC(=O)[C@H](CC(=O)O)NN[C@@H](CC(=O)O)C(=O)C(=O)[C@H](CC(=O)O)NC(=O)[C@H](CC(=O)O)NC(=O)[C@H](CC(=O)O)NN[C@@H](CC(=O)O)C(=O)C(=O)[C@H](CC(=O)O)NN[C@@H](CC(=O)O)C(=O)C(=O)[C@H](CC(=O)O)NN[C@@H](CC(=O)O)C(=O)C(=O)[C@H](CC(=O)O)NN[C@@H](CC(=O)O)C(=O)C(=O)[C@H](CC(=O)O)NN[C@@H](CC(=O)O)C(=O)C(=O)[C@@H](N)CC(=O)O. The first-order chi connectivity index (χ1) is 61.2. The molecule has 66 heteroatoms. The third-order valence-corrected chi connectivity index (χ3v) is 17.0. The molecule has 0 aliphatic heterocycles. The zero-order valence-electron chi connectivity index (χ0n) is 67.4. The predicted octanol–water partition coefficient (Wildman–Crippen LogP) is -15.5. The van der Waals surface area contributed by atoms with Crippen LogP contribution in [0.15, 0.2) is 6.20 Å². The Bertz CT molecular complexity index is 4700. The monoisotopic (exact) mass is 1900 g/mol. The number of carbonyl (C=O) groups excluding carboxylic acids is 15. The number of ketones is 12. The molecule has 66 nitrogen and oxygen atoms in total. The Balaban J connectivity index is 3.70. The van der Waals surface area contributed by atoms with E-state index in [4.69, 9.17) is 10.8 Å². The van der Waals surface area contributed by atoms with Gasteiger partial charge in [-0.05, 0) is 4.92 Å². The Kier molecular flexibility index (Phi) is 48.1. The molecule has 0 aromatic carbocycles. The number of nitrogens with two attached hydrogens (primary N) is 1. The van der Waals surface area contributed by atoms with Crippen molar-refractivity contribution in [2.75, 3.05) is 6.54 Å². The number of aliphatic carboxylic acids is 15. The van der Waals surface area contributed by atoms with E-state index < -0.39 is 381 Å². The molecule has 0 saturated heterocycles. The number of carboxylic acid groups (broad SMARTS) is 15. The number of rotatable bonds is 75. The highest BCUT2D eigenvalue weighted by molar-refractivity contribution is 6.45. The number of aromatic nitrogens is 2. The van der Waals surface area contributed by atoms with Crippen molar-refractivity contribution in [2.45, 2.75) is 200 Å². The van der Waals surface area contributed by atoms with E-state index in [0.29, 0.717) is 0 Å². The first-order valence-corrected chi connectivity index (χ1v) is 36.8. The van der Waals surface area contributed by atoms with Crippen LogP contribution in [0.25, 0.3) is 0 Å². The minimum absolute atomic E-state index is 0.0855.